The average Bonchev–Trinajstić information content (AvgIpc) is 4.05. The normalized spacial score (nSPS) is 13.9. The zero-order valence-electron chi connectivity index (χ0n) is 35.1. The van der Waals surface area contributed by atoms with Crippen LogP contribution in [0.5, 0.6) is 0 Å². The van der Waals surface area contributed by atoms with E-state index in [4.69, 9.17) is 0 Å². The van der Waals surface area contributed by atoms with Crippen LogP contribution in [0.15, 0.2) is 182 Å². The first-order chi connectivity index (χ1) is 28.5. The van der Waals surface area contributed by atoms with Crippen LogP contribution in [0.3, 0.4) is 0 Å². The molecule has 0 radical (unpaired) electrons. The second kappa shape index (κ2) is 14.1. The molecular weight excluding hydrogens is 745 g/mol. The van der Waals surface area contributed by atoms with E-state index in [1.165, 1.54) is 90.1 Å². The zero-order valence-corrected chi connectivity index (χ0v) is 37.1. The Morgan fingerprint density at radius 2 is 0.831 bits per heavy atom. The Morgan fingerprint density at radius 3 is 1.34 bits per heavy atom. The number of nitrogens with zero attached hydrogens (tertiary/aromatic N) is 2. The maximum atomic E-state index is 2.51. The summed E-state index contributed by atoms with van der Waals surface area (Å²) in [5.41, 5.74) is 15.3. The van der Waals surface area contributed by atoms with Crippen molar-refractivity contribution in [1.82, 2.24) is 0 Å². The molecule has 1 spiro atoms. The van der Waals surface area contributed by atoms with Gasteiger partial charge < -0.3 is 9.80 Å². The SMILES string of the molecule is C[Si](C)(C)c1ccc(N(c2ccccc2)c2ccc(-c3ccc4c5c(cccc35)-c3ccc(N(c5ccccc5)c5ccc([Si](C)(C)C)cc5)cc3C43CC3)cc2)cc1. The van der Waals surface area contributed by atoms with Gasteiger partial charge in [0.05, 0.1) is 16.1 Å². The number of hydrogen-bond acceptors (Lipinski definition) is 2. The molecule has 290 valence electrons. The summed E-state index contributed by atoms with van der Waals surface area (Å²) in [4.78, 5) is 4.81. The van der Waals surface area contributed by atoms with Gasteiger partial charge in [-0.05, 0) is 130 Å². The minimum absolute atomic E-state index is 0.0333. The molecule has 2 aliphatic rings. The van der Waals surface area contributed by atoms with Crippen LogP contribution in [-0.4, -0.2) is 16.1 Å². The summed E-state index contributed by atoms with van der Waals surface area (Å²) in [5.74, 6) is 0. The number of benzene rings is 8. The lowest BCUT2D eigenvalue weighted by Gasteiger charge is -2.32. The first kappa shape index (κ1) is 37.3. The van der Waals surface area contributed by atoms with Crippen LogP contribution >= 0.6 is 0 Å². The highest BCUT2D eigenvalue weighted by atomic mass is 28.3. The monoisotopic (exact) mass is 796 g/mol. The average molecular weight is 797 g/mol. The Bertz CT molecular complexity index is 2810. The number of anilines is 6. The highest BCUT2D eigenvalue weighted by molar-refractivity contribution is 6.89. The Hall–Kier alpha value is -5.95. The Morgan fingerprint density at radius 1 is 0.373 bits per heavy atom. The van der Waals surface area contributed by atoms with Gasteiger partial charge in [0.15, 0.2) is 0 Å². The molecule has 0 unspecified atom stereocenters. The van der Waals surface area contributed by atoms with E-state index in [1.807, 2.05) is 0 Å². The highest BCUT2D eigenvalue weighted by Gasteiger charge is 2.50. The van der Waals surface area contributed by atoms with E-state index >= 15 is 0 Å². The van der Waals surface area contributed by atoms with Gasteiger partial charge in [0.1, 0.15) is 0 Å². The zero-order chi connectivity index (χ0) is 40.5. The molecule has 2 nitrogen and oxygen atoms in total. The van der Waals surface area contributed by atoms with Gasteiger partial charge in [0.25, 0.3) is 0 Å². The van der Waals surface area contributed by atoms with Crippen molar-refractivity contribution in [3.63, 3.8) is 0 Å². The van der Waals surface area contributed by atoms with E-state index < -0.39 is 16.1 Å². The molecule has 0 saturated heterocycles. The van der Waals surface area contributed by atoms with E-state index in [9.17, 15) is 0 Å². The lowest BCUT2D eigenvalue weighted by atomic mass is 9.73. The van der Waals surface area contributed by atoms with Gasteiger partial charge in [-0.25, -0.2) is 0 Å². The van der Waals surface area contributed by atoms with Gasteiger partial charge in [0, 0.05) is 39.5 Å². The van der Waals surface area contributed by atoms with Gasteiger partial charge >= 0.3 is 0 Å². The Labute approximate surface area is 352 Å². The van der Waals surface area contributed by atoms with E-state index in [0.29, 0.717) is 0 Å². The molecule has 0 heterocycles. The fourth-order valence-electron chi connectivity index (χ4n) is 9.45. The van der Waals surface area contributed by atoms with E-state index in [-0.39, 0.29) is 5.41 Å². The molecule has 10 rings (SSSR count). The van der Waals surface area contributed by atoms with Crippen LogP contribution in [0, 0.1) is 0 Å². The van der Waals surface area contributed by atoms with Crippen molar-refractivity contribution in [3.8, 4) is 22.3 Å². The maximum Gasteiger partial charge on any atom is 0.0775 e. The first-order valence-corrected chi connectivity index (χ1v) is 28.2. The topological polar surface area (TPSA) is 6.48 Å². The van der Waals surface area contributed by atoms with Crippen molar-refractivity contribution >= 4 is 71.4 Å². The van der Waals surface area contributed by atoms with Crippen molar-refractivity contribution in [1.29, 1.82) is 0 Å². The summed E-state index contributed by atoms with van der Waals surface area (Å²) in [6.07, 6.45) is 2.34. The van der Waals surface area contributed by atoms with Crippen molar-refractivity contribution in [2.24, 2.45) is 0 Å². The van der Waals surface area contributed by atoms with Gasteiger partial charge in [-0.2, -0.15) is 0 Å². The predicted octanol–water partition coefficient (Wildman–Crippen LogP) is 14.6. The molecule has 2 aliphatic carbocycles. The molecule has 8 aromatic rings. The second-order valence-corrected chi connectivity index (χ2v) is 28.8. The standard InChI is InChI=1S/C55H52N2Si2/c1-58(2,3)46-29-24-43(25-30-46)56(40-14-9-7-10-15-40)42-22-20-39(21-23-42)48-34-35-52-54-50(48)18-13-19-51(54)49-33-28-45(38-53(49)55(52)36-37-55)57(41-16-11-8-12-17-41)44-26-31-47(32-27-44)59(4,5)6/h7-35,38H,36-37H2,1-6H3. The maximum absolute atomic E-state index is 2.51. The van der Waals surface area contributed by atoms with E-state index in [0.717, 1.165) is 11.4 Å². The smallest absolute Gasteiger partial charge is 0.0775 e. The highest BCUT2D eigenvalue weighted by Crippen LogP contribution is 2.62. The molecule has 0 amide bonds. The molecule has 59 heavy (non-hydrogen) atoms. The fraction of sp³-hybridized carbons (Fsp3) is 0.164. The molecule has 0 aromatic heterocycles. The molecule has 4 heteroatoms. The third-order valence-electron chi connectivity index (χ3n) is 12.8. The lowest BCUT2D eigenvalue weighted by molar-refractivity contribution is 0.853. The van der Waals surface area contributed by atoms with Crippen LogP contribution in [0.25, 0.3) is 33.0 Å². The van der Waals surface area contributed by atoms with Crippen LogP contribution in [0.2, 0.25) is 39.3 Å². The third-order valence-corrected chi connectivity index (χ3v) is 17.0. The summed E-state index contributed by atoms with van der Waals surface area (Å²) >= 11 is 0. The first-order valence-electron chi connectivity index (χ1n) is 21.2. The van der Waals surface area contributed by atoms with Crippen molar-refractivity contribution < 1.29 is 0 Å². The number of para-hydroxylation sites is 2. The number of rotatable bonds is 9. The summed E-state index contributed by atoms with van der Waals surface area (Å²) in [5, 5.41) is 5.71. The van der Waals surface area contributed by atoms with Gasteiger partial charge in [-0.15, -0.1) is 0 Å². The fourth-order valence-corrected chi connectivity index (χ4v) is 11.8. The summed E-state index contributed by atoms with van der Waals surface area (Å²) in [6, 6.07) is 68.5. The van der Waals surface area contributed by atoms with Crippen LogP contribution in [0.4, 0.5) is 34.1 Å². The second-order valence-electron chi connectivity index (χ2n) is 18.7. The van der Waals surface area contributed by atoms with Crippen LogP contribution in [-0.2, 0) is 5.41 Å². The van der Waals surface area contributed by atoms with Gasteiger partial charge in [-0.1, -0.05) is 159 Å². The molecule has 0 aliphatic heterocycles. The summed E-state index contributed by atoms with van der Waals surface area (Å²) < 4.78 is 0. The van der Waals surface area contributed by atoms with Gasteiger partial charge in [0.2, 0.25) is 0 Å². The molecule has 0 N–H and O–H groups in total. The summed E-state index contributed by atoms with van der Waals surface area (Å²) in [7, 11) is -2.83. The van der Waals surface area contributed by atoms with E-state index in [2.05, 4.69) is 231 Å². The Balaban J connectivity index is 1.04. The predicted molar refractivity (Wildman–Crippen MR) is 260 cm³/mol. The summed E-state index contributed by atoms with van der Waals surface area (Å²) in [6.45, 7) is 14.5. The minimum Gasteiger partial charge on any atom is -0.311 e. The van der Waals surface area contributed by atoms with E-state index in [1.54, 1.807) is 0 Å². The van der Waals surface area contributed by atoms with Crippen LogP contribution < -0.4 is 20.2 Å². The van der Waals surface area contributed by atoms with Crippen molar-refractivity contribution in [2.45, 2.75) is 57.5 Å². The molecule has 1 saturated carbocycles. The quantitative estimate of drug-likeness (QED) is 0.134. The molecular formula is C55H52N2Si2. The molecule has 0 atom stereocenters. The van der Waals surface area contributed by atoms with Gasteiger partial charge in [-0.3, -0.25) is 0 Å². The number of hydrogen-bond donors (Lipinski definition) is 0. The largest absolute Gasteiger partial charge is 0.311 e. The third kappa shape index (κ3) is 6.55. The number of fused-ring (bicyclic) bond motifs is 4. The lowest BCUT2D eigenvalue weighted by Crippen LogP contribution is -2.37. The minimum atomic E-state index is -1.42. The Kier molecular flexibility index (Phi) is 8.93. The molecule has 8 aromatic carbocycles. The van der Waals surface area contributed by atoms with Crippen LogP contribution in [0.1, 0.15) is 24.0 Å². The van der Waals surface area contributed by atoms with Crippen molar-refractivity contribution in [3.05, 3.63) is 193 Å². The molecule has 0 bridgehead atoms. The molecule has 1 fully saturated rings. The van der Waals surface area contributed by atoms with Crippen molar-refractivity contribution in [2.75, 3.05) is 9.80 Å².